The third-order valence-corrected chi connectivity index (χ3v) is 4.58. The summed E-state index contributed by atoms with van der Waals surface area (Å²) < 4.78 is 0. The monoisotopic (exact) mass is 238 g/mol. The lowest BCUT2D eigenvalue weighted by atomic mass is 9.93. The van der Waals surface area contributed by atoms with E-state index in [-0.39, 0.29) is 0 Å². The summed E-state index contributed by atoms with van der Waals surface area (Å²) in [6, 6.07) is 2.44. The minimum atomic E-state index is 0.317. The van der Waals surface area contributed by atoms with Gasteiger partial charge >= 0.3 is 0 Å². The molecule has 0 aliphatic rings. The molecule has 0 radical (unpaired) electrons. The van der Waals surface area contributed by atoms with E-state index >= 15 is 0 Å². The highest BCUT2D eigenvalue weighted by Crippen LogP contribution is 2.32. The van der Waals surface area contributed by atoms with E-state index in [9.17, 15) is 0 Å². The van der Waals surface area contributed by atoms with Crippen LogP contribution in [0.3, 0.4) is 0 Å². The highest BCUT2D eigenvalue weighted by Gasteiger charge is 2.17. The Kier molecular flexibility index (Phi) is 5.04. The first kappa shape index (κ1) is 13.8. The first-order valence-electron chi connectivity index (χ1n) is 6.55. The van der Waals surface area contributed by atoms with E-state index in [1.807, 2.05) is 11.3 Å². The van der Waals surface area contributed by atoms with Gasteiger partial charge in [0, 0.05) is 9.75 Å². The van der Waals surface area contributed by atoms with Crippen LogP contribution in [0.1, 0.15) is 68.7 Å². The first-order chi connectivity index (χ1) is 7.45. The van der Waals surface area contributed by atoms with Crippen molar-refractivity contribution in [1.29, 1.82) is 0 Å². The number of unbranched alkanes of at least 4 members (excludes halogenated alkanes) is 3. The van der Waals surface area contributed by atoms with Crippen LogP contribution in [-0.2, 0) is 11.8 Å². The molecule has 0 fully saturated rings. The average molecular weight is 238 g/mol. The molecule has 0 nitrogen and oxygen atoms in total. The van der Waals surface area contributed by atoms with Gasteiger partial charge in [-0.05, 0) is 36.8 Å². The number of hydrogen-bond donors (Lipinski definition) is 0. The number of aryl methyl sites for hydroxylation is 2. The Bertz CT molecular complexity index is 315. The van der Waals surface area contributed by atoms with Gasteiger partial charge in [-0.15, -0.1) is 11.3 Å². The van der Waals surface area contributed by atoms with E-state index in [1.165, 1.54) is 41.9 Å². The molecule has 0 aliphatic heterocycles. The summed E-state index contributed by atoms with van der Waals surface area (Å²) in [5.74, 6) is 0. The Morgan fingerprint density at radius 3 is 2.31 bits per heavy atom. The van der Waals surface area contributed by atoms with Gasteiger partial charge in [0.2, 0.25) is 0 Å². The third-order valence-electron chi connectivity index (χ3n) is 3.06. The maximum absolute atomic E-state index is 2.44. The smallest absolute Gasteiger partial charge is 0.0104 e. The maximum atomic E-state index is 2.44. The molecule has 0 atom stereocenters. The highest BCUT2D eigenvalue weighted by atomic mass is 32.1. The zero-order chi connectivity index (χ0) is 12.2. The second kappa shape index (κ2) is 5.86. The summed E-state index contributed by atoms with van der Waals surface area (Å²) in [5, 5.41) is 0. The van der Waals surface area contributed by atoms with Gasteiger partial charge in [-0.1, -0.05) is 47.0 Å². The zero-order valence-electron chi connectivity index (χ0n) is 11.5. The largest absolute Gasteiger partial charge is 0.145 e. The van der Waals surface area contributed by atoms with Crippen molar-refractivity contribution >= 4 is 11.3 Å². The Morgan fingerprint density at radius 2 is 1.81 bits per heavy atom. The van der Waals surface area contributed by atoms with Crippen molar-refractivity contribution < 1.29 is 0 Å². The molecule has 0 saturated heterocycles. The molecule has 0 unspecified atom stereocenters. The summed E-state index contributed by atoms with van der Waals surface area (Å²) in [5.41, 5.74) is 1.91. The van der Waals surface area contributed by atoms with Crippen LogP contribution in [-0.4, -0.2) is 0 Å². The van der Waals surface area contributed by atoms with E-state index in [1.54, 1.807) is 5.56 Å². The van der Waals surface area contributed by atoms with Gasteiger partial charge < -0.3 is 0 Å². The molecule has 1 heterocycles. The van der Waals surface area contributed by atoms with E-state index < -0.39 is 0 Å². The predicted molar refractivity (Wildman–Crippen MR) is 75.6 cm³/mol. The maximum Gasteiger partial charge on any atom is 0.0104 e. The van der Waals surface area contributed by atoms with Crippen molar-refractivity contribution in [3.05, 3.63) is 21.4 Å². The fourth-order valence-electron chi connectivity index (χ4n) is 1.88. The van der Waals surface area contributed by atoms with Crippen molar-refractivity contribution in [2.45, 2.75) is 72.1 Å². The Hall–Kier alpha value is -0.300. The van der Waals surface area contributed by atoms with Crippen molar-refractivity contribution in [2.75, 3.05) is 0 Å². The molecule has 0 aromatic carbocycles. The Labute approximate surface area is 105 Å². The molecule has 92 valence electrons. The number of thiophene rings is 1. The van der Waals surface area contributed by atoms with Crippen LogP contribution < -0.4 is 0 Å². The minimum Gasteiger partial charge on any atom is -0.145 e. The van der Waals surface area contributed by atoms with Gasteiger partial charge in [0.15, 0.2) is 0 Å². The van der Waals surface area contributed by atoms with Crippen LogP contribution in [0.25, 0.3) is 0 Å². The number of hydrogen-bond acceptors (Lipinski definition) is 1. The van der Waals surface area contributed by atoms with E-state index in [4.69, 9.17) is 0 Å². The van der Waals surface area contributed by atoms with Crippen LogP contribution in [0.15, 0.2) is 6.07 Å². The lowest BCUT2D eigenvalue weighted by Crippen LogP contribution is -2.08. The molecule has 0 amide bonds. The third kappa shape index (κ3) is 3.93. The van der Waals surface area contributed by atoms with Crippen molar-refractivity contribution in [3.8, 4) is 0 Å². The molecule has 1 rings (SSSR count). The molecule has 0 aliphatic carbocycles. The second-order valence-electron chi connectivity index (χ2n) is 5.75. The molecule has 1 aromatic rings. The van der Waals surface area contributed by atoms with Crippen molar-refractivity contribution in [1.82, 2.24) is 0 Å². The van der Waals surface area contributed by atoms with Gasteiger partial charge in [-0.2, -0.15) is 0 Å². The average Bonchev–Trinajstić information content (AvgIpc) is 2.55. The molecule has 0 spiro atoms. The predicted octanol–water partition coefficient (Wildman–Crippen LogP) is 5.48. The molecular weight excluding hydrogens is 212 g/mol. The van der Waals surface area contributed by atoms with Gasteiger partial charge in [-0.3, -0.25) is 0 Å². The molecular formula is C15H26S. The summed E-state index contributed by atoms with van der Waals surface area (Å²) in [6.45, 7) is 11.5. The van der Waals surface area contributed by atoms with Gasteiger partial charge in [0.05, 0.1) is 0 Å². The van der Waals surface area contributed by atoms with E-state index in [0.29, 0.717) is 5.41 Å². The zero-order valence-corrected chi connectivity index (χ0v) is 12.3. The standard InChI is InChI=1S/C15H26S/c1-6-7-8-9-10-13-11-14(15(3,4)5)16-12(13)2/h11H,6-10H2,1-5H3. The van der Waals surface area contributed by atoms with Crippen molar-refractivity contribution in [3.63, 3.8) is 0 Å². The number of rotatable bonds is 5. The minimum absolute atomic E-state index is 0.317. The molecule has 0 N–H and O–H groups in total. The van der Waals surface area contributed by atoms with Gasteiger partial charge in [0.25, 0.3) is 0 Å². The molecule has 1 heteroatoms. The second-order valence-corrected chi connectivity index (χ2v) is 7.01. The lowest BCUT2D eigenvalue weighted by molar-refractivity contribution is 0.602. The van der Waals surface area contributed by atoms with E-state index in [0.717, 1.165) is 0 Å². The van der Waals surface area contributed by atoms with Crippen LogP contribution in [0.2, 0.25) is 0 Å². The van der Waals surface area contributed by atoms with Crippen molar-refractivity contribution in [2.24, 2.45) is 0 Å². The molecule has 0 bridgehead atoms. The fourth-order valence-corrected chi connectivity index (χ4v) is 3.01. The SMILES string of the molecule is CCCCCCc1cc(C(C)(C)C)sc1C. The highest BCUT2D eigenvalue weighted by molar-refractivity contribution is 7.12. The summed E-state index contributed by atoms with van der Waals surface area (Å²) >= 11 is 1.99. The van der Waals surface area contributed by atoms with Crippen LogP contribution in [0, 0.1) is 6.92 Å². The quantitative estimate of drug-likeness (QED) is 0.596. The van der Waals surface area contributed by atoms with Crippen LogP contribution in [0.4, 0.5) is 0 Å². The first-order valence-corrected chi connectivity index (χ1v) is 7.36. The van der Waals surface area contributed by atoms with Gasteiger partial charge in [-0.25, -0.2) is 0 Å². The lowest BCUT2D eigenvalue weighted by Gasteiger charge is -2.15. The summed E-state index contributed by atoms with van der Waals surface area (Å²) in [4.78, 5) is 3.07. The Balaban J connectivity index is 2.57. The van der Waals surface area contributed by atoms with Crippen LogP contribution in [0.5, 0.6) is 0 Å². The Morgan fingerprint density at radius 1 is 1.12 bits per heavy atom. The topological polar surface area (TPSA) is 0 Å². The fraction of sp³-hybridized carbons (Fsp3) is 0.733. The molecule has 1 aromatic heterocycles. The van der Waals surface area contributed by atoms with E-state index in [2.05, 4.69) is 40.7 Å². The summed E-state index contributed by atoms with van der Waals surface area (Å²) in [7, 11) is 0. The summed E-state index contributed by atoms with van der Waals surface area (Å²) in [6.07, 6.45) is 6.73. The van der Waals surface area contributed by atoms with Gasteiger partial charge in [0.1, 0.15) is 0 Å². The molecule has 0 saturated carbocycles. The molecule has 16 heavy (non-hydrogen) atoms. The normalized spacial score (nSPS) is 12.1. The van der Waals surface area contributed by atoms with Crippen LogP contribution >= 0.6 is 11.3 Å².